The van der Waals surface area contributed by atoms with Crippen LogP contribution in [0.15, 0.2) is 52.1 Å². The minimum Gasteiger partial charge on any atom is -0.469 e. The van der Waals surface area contributed by atoms with Crippen molar-refractivity contribution in [2.24, 2.45) is 4.99 Å². The lowest BCUT2D eigenvalue weighted by molar-refractivity contribution is 0.507. The van der Waals surface area contributed by atoms with Crippen molar-refractivity contribution in [3.05, 3.63) is 54.0 Å². The third kappa shape index (κ3) is 5.70. The fourth-order valence-electron chi connectivity index (χ4n) is 2.20. The monoisotopic (exact) mass is 314 g/mol. The SMILES string of the molecule is CCNC(=NCc1cccc(N(C)C)c1)NCCc1ccco1. The van der Waals surface area contributed by atoms with Crippen LogP contribution in [-0.2, 0) is 13.0 Å². The second-order valence-corrected chi connectivity index (χ2v) is 5.52. The Morgan fingerprint density at radius 2 is 2.04 bits per heavy atom. The third-order valence-electron chi connectivity index (χ3n) is 3.43. The zero-order valence-corrected chi connectivity index (χ0v) is 14.2. The molecule has 5 nitrogen and oxygen atoms in total. The van der Waals surface area contributed by atoms with Crippen molar-refractivity contribution in [3.8, 4) is 0 Å². The van der Waals surface area contributed by atoms with Crippen LogP contribution in [0.5, 0.6) is 0 Å². The summed E-state index contributed by atoms with van der Waals surface area (Å²) in [5.41, 5.74) is 2.38. The van der Waals surface area contributed by atoms with Crippen molar-refractivity contribution in [3.63, 3.8) is 0 Å². The summed E-state index contributed by atoms with van der Waals surface area (Å²) in [6.07, 6.45) is 2.54. The molecule has 0 bridgehead atoms. The van der Waals surface area contributed by atoms with Gasteiger partial charge in [-0.3, -0.25) is 0 Å². The molecule has 0 fully saturated rings. The van der Waals surface area contributed by atoms with Crippen LogP contribution in [0.2, 0.25) is 0 Å². The third-order valence-corrected chi connectivity index (χ3v) is 3.43. The Morgan fingerprint density at radius 3 is 2.74 bits per heavy atom. The molecule has 23 heavy (non-hydrogen) atoms. The highest BCUT2D eigenvalue weighted by atomic mass is 16.3. The predicted octanol–water partition coefficient (Wildman–Crippen LogP) is 2.64. The first-order valence-corrected chi connectivity index (χ1v) is 8.00. The first kappa shape index (κ1) is 16.9. The molecule has 0 atom stereocenters. The standard InChI is InChI=1S/C18H26N4O/c1-4-19-18(20-11-10-17-9-6-12-23-17)21-14-15-7-5-8-16(13-15)22(2)3/h5-9,12-13H,4,10-11,14H2,1-3H3,(H2,19,20,21). The Morgan fingerprint density at radius 1 is 1.17 bits per heavy atom. The van der Waals surface area contributed by atoms with Gasteiger partial charge in [0.15, 0.2) is 5.96 Å². The van der Waals surface area contributed by atoms with Gasteiger partial charge in [0.25, 0.3) is 0 Å². The topological polar surface area (TPSA) is 52.8 Å². The van der Waals surface area contributed by atoms with Gasteiger partial charge >= 0.3 is 0 Å². The van der Waals surface area contributed by atoms with Crippen LogP contribution in [0.3, 0.4) is 0 Å². The predicted molar refractivity (Wildman–Crippen MR) is 96.0 cm³/mol. The maximum absolute atomic E-state index is 5.34. The Hall–Kier alpha value is -2.43. The largest absolute Gasteiger partial charge is 0.469 e. The number of benzene rings is 1. The number of hydrogen-bond donors (Lipinski definition) is 2. The van der Waals surface area contributed by atoms with Gasteiger partial charge in [0.1, 0.15) is 5.76 Å². The number of anilines is 1. The summed E-state index contributed by atoms with van der Waals surface area (Å²) in [5.74, 6) is 1.81. The smallest absolute Gasteiger partial charge is 0.191 e. The Labute approximate surface area is 138 Å². The summed E-state index contributed by atoms with van der Waals surface area (Å²) in [7, 11) is 4.09. The highest BCUT2D eigenvalue weighted by Crippen LogP contribution is 2.13. The maximum atomic E-state index is 5.34. The van der Waals surface area contributed by atoms with E-state index in [-0.39, 0.29) is 0 Å². The van der Waals surface area contributed by atoms with Gasteiger partial charge in [-0.1, -0.05) is 12.1 Å². The summed E-state index contributed by atoms with van der Waals surface area (Å²) in [6.45, 7) is 4.34. The van der Waals surface area contributed by atoms with Crippen LogP contribution in [0, 0.1) is 0 Å². The van der Waals surface area contributed by atoms with Gasteiger partial charge in [0.2, 0.25) is 0 Å². The number of hydrogen-bond acceptors (Lipinski definition) is 3. The van der Waals surface area contributed by atoms with Crippen LogP contribution in [0.1, 0.15) is 18.2 Å². The van der Waals surface area contributed by atoms with E-state index in [4.69, 9.17) is 4.42 Å². The lowest BCUT2D eigenvalue weighted by atomic mass is 10.2. The van der Waals surface area contributed by atoms with E-state index >= 15 is 0 Å². The number of rotatable bonds is 7. The molecule has 0 saturated carbocycles. The fourth-order valence-corrected chi connectivity index (χ4v) is 2.20. The summed E-state index contributed by atoms with van der Waals surface area (Å²) in [5, 5.41) is 6.60. The zero-order valence-electron chi connectivity index (χ0n) is 14.2. The molecule has 0 unspecified atom stereocenters. The molecule has 1 aromatic carbocycles. The highest BCUT2D eigenvalue weighted by molar-refractivity contribution is 5.79. The molecule has 0 radical (unpaired) electrons. The molecule has 0 spiro atoms. The van der Waals surface area contributed by atoms with E-state index in [1.165, 1.54) is 11.3 Å². The molecule has 0 amide bonds. The van der Waals surface area contributed by atoms with Gasteiger partial charge < -0.3 is 20.0 Å². The van der Waals surface area contributed by atoms with Gasteiger partial charge in [-0.2, -0.15) is 0 Å². The number of guanidine groups is 1. The van der Waals surface area contributed by atoms with E-state index in [1.807, 2.05) is 26.2 Å². The molecule has 0 aliphatic rings. The van der Waals surface area contributed by atoms with Crippen molar-refractivity contribution >= 4 is 11.6 Å². The van der Waals surface area contributed by atoms with Crippen LogP contribution in [0.25, 0.3) is 0 Å². The van der Waals surface area contributed by atoms with Crippen LogP contribution >= 0.6 is 0 Å². The summed E-state index contributed by atoms with van der Waals surface area (Å²) < 4.78 is 5.34. The average Bonchev–Trinajstić information content (AvgIpc) is 3.06. The summed E-state index contributed by atoms with van der Waals surface area (Å²) in [4.78, 5) is 6.75. The Balaban J connectivity index is 1.91. The lowest BCUT2D eigenvalue weighted by Crippen LogP contribution is -2.38. The van der Waals surface area contributed by atoms with Gasteiger partial charge in [-0.05, 0) is 36.8 Å². The molecule has 0 saturated heterocycles. The molecule has 1 aromatic heterocycles. The number of nitrogens with one attached hydrogen (secondary N) is 2. The molecule has 1 heterocycles. The molecule has 2 aromatic rings. The first-order valence-electron chi connectivity index (χ1n) is 8.00. The molecule has 5 heteroatoms. The van der Waals surface area contributed by atoms with Crippen LogP contribution in [0.4, 0.5) is 5.69 Å². The lowest BCUT2D eigenvalue weighted by Gasteiger charge is -2.14. The van der Waals surface area contributed by atoms with Gasteiger partial charge in [0, 0.05) is 39.3 Å². The number of aliphatic imine (C=N–C) groups is 1. The molecule has 2 N–H and O–H groups in total. The van der Waals surface area contributed by atoms with E-state index in [0.717, 1.165) is 31.2 Å². The Bertz CT molecular complexity index is 605. The summed E-state index contributed by atoms with van der Waals surface area (Å²) in [6, 6.07) is 12.3. The van der Waals surface area contributed by atoms with E-state index < -0.39 is 0 Å². The molecular formula is C18H26N4O. The Kier molecular flexibility index (Phi) is 6.54. The minimum absolute atomic E-state index is 0.651. The van der Waals surface area contributed by atoms with Crippen LogP contribution < -0.4 is 15.5 Å². The highest BCUT2D eigenvalue weighted by Gasteiger charge is 2.01. The molecule has 0 aliphatic heterocycles. The van der Waals surface area contributed by atoms with Gasteiger partial charge in [0.05, 0.1) is 12.8 Å². The second kappa shape index (κ2) is 8.88. The molecule has 2 rings (SSSR count). The van der Waals surface area contributed by atoms with Crippen molar-refractivity contribution in [1.82, 2.24) is 10.6 Å². The minimum atomic E-state index is 0.651. The van der Waals surface area contributed by atoms with Crippen molar-refractivity contribution < 1.29 is 4.42 Å². The normalized spacial score (nSPS) is 11.3. The molecule has 0 aliphatic carbocycles. The van der Waals surface area contributed by atoms with E-state index in [0.29, 0.717) is 6.54 Å². The molecular weight excluding hydrogens is 288 g/mol. The van der Waals surface area contributed by atoms with E-state index in [1.54, 1.807) is 6.26 Å². The first-order chi connectivity index (χ1) is 11.2. The van der Waals surface area contributed by atoms with E-state index in [2.05, 4.69) is 51.7 Å². The maximum Gasteiger partial charge on any atom is 0.191 e. The van der Waals surface area contributed by atoms with Crippen molar-refractivity contribution in [2.45, 2.75) is 19.9 Å². The van der Waals surface area contributed by atoms with Crippen molar-refractivity contribution in [1.29, 1.82) is 0 Å². The molecule has 124 valence electrons. The van der Waals surface area contributed by atoms with Gasteiger partial charge in [-0.25, -0.2) is 4.99 Å². The van der Waals surface area contributed by atoms with Crippen LogP contribution in [-0.4, -0.2) is 33.1 Å². The van der Waals surface area contributed by atoms with Crippen molar-refractivity contribution in [2.75, 3.05) is 32.1 Å². The van der Waals surface area contributed by atoms with Gasteiger partial charge in [-0.15, -0.1) is 0 Å². The number of nitrogens with zero attached hydrogens (tertiary/aromatic N) is 2. The quantitative estimate of drug-likeness (QED) is 0.609. The fraction of sp³-hybridized carbons (Fsp3) is 0.389. The number of furan rings is 1. The van der Waals surface area contributed by atoms with E-state index in [9.17, 15) is 0 Å². The second-order valence-electron chi connectivity index (χ2n) is 5.52. The summed E-state index contributed by atoms with van der Waals surface area (Å²) >= 11 is 0. The average molecular weight is 314 g/mol. The zero-order chi connectivity index (χ0) is 16.5.